The first kappa shape index (κ1) is 16.4. The number of H-pyrrole nitrogens is 1. The third-order valence-corrected chi connectivity index (χ3v) is 4.94. The van der Waals surface area contributed by atoms with Crippen molar-refractivity contribution in [2.75, 3.05) is 13.1 Å². The topological polar surface area (TPSA) is 74.8 Å². The van der Waals surface area contributed by atoms with Crippen LogP contribution in [0.15, 0.2) is 48.8 Å². The molecule has 1 saturated heterocycles. The SMILES string of the molecule is Cc1ccc(-c2cn[nH]c2[C@H]2CCCN(C(=O)c3cccnn3)C2)cc1. The molecule has 1 aliphatic rings. The Balaban J connectivity index is 1.57. The van der Waals surface area contributed by atoms with E-state index in [1.54, 1.807) is 18.3 Å². The lowest BCUT2D eigenvalue weighted by Gasteiger charge is -2.32. The molecular weight excluding hydrogens is 326 g/mol. The van der Waals surface area contributed by atoms with Crippen LogP contribution in [0.4, 0.5) is 0 Å². The normalized spacial score (nSPS) is 17.3. The first-order valence-corrected chi connectivity index (χ1v) is 8.89. The second kappa shape index (κ2) is 7.07. The summed E-state index contributed by atoms with van der Waals surface area (Å²) in [6.07, 6.45) is 5.45. The zero-order valence-electron chi connectivity index (χ0n) is 14.7. The van der Waals surface area contributed by atoms with Crippen molar-refractivity contribution in [2.24, 2.45) is 0 Å². The van der Waals surface area contributed by atoms with Crippen LogP contribution in [-0.2, 0) is 0 Å². The average Bonchev–Trinajstić information content (AvgIpc) is 3.19. The van der Waals surface area contributed by atoms with Crippen molar-refractivity contribution in [3.63, 3.8) is 0 Å². The van der Waals surface area contributed by atoms with Crippen LogP contribution in [0, 0.1) is 6.92 Å². The first-order valence-electron chi connectivity index (χ1n) is 8.89. The lowest BCUT2D eigenvalue weighted by molar-refractivity contribution is 0.0699. The van der Waals surface area contributed by atoms with Crippen LogP contribution in [0.1, 0.15) is 40.5 Å². The number of hydrogen-bond acceptors (Lipinski definition) is 4. The van der Waals surface area contributed by atoms with E-state index in [0.717, 1.165) is 36.2 Å². The number of aromatic nitrogens is 4. The molecule has 0 radical (unpaired) electrons. The lowest BCUT2D eigenvalue weighted by atomic mass is 9.90. The number of aryl methyl sites for hydroxylation is 1. The Hall–Kier alpha value is -3.02. The van der Waals surface area contributed by atoms with Gasteiger partial charge in [0.25, 0.3) is 5.91 Å². The Morgan fingerprint density at radius 2 is 2.08 bits per heavy atom. The number of likely N-dealkylation sites (tertiary alicyclic amines) is 1. The van der Waals surface area contributed by atoms with Gasteiger partial charge >= 0.3 is 0 Å². The Labute approximate surface area is 152 Å². The molecule has 6 heteroatoms. The number of benzene rings is 1. The summed E-state index contributed by atoms with van der Waals surface area (Å²) >= 11 is 0. The molecule has 1 atom stereocenters. The molecule has 1 aliphatic heterocycles. The molecule has 1 N–H and O–H groups in total. The molecule has 0 spiro atoms. The van der Waals surface area contributed by atoms with Crippen LogP contribution in [0.2, 0.25) is 0 Å². The van der Waals surface area contributed by atoms with E-state index in [0.29, 0.717) is 12.2 Å². The minimum atomic E-state index is -0.0563. The van der Waals surface area contributed by atoms with Crippen LogP contribution in [0.25, 0.3) is 11.1 Å². The number of piperidine rings is 1. The highest BCUT2D eigenvalue weighted by atomic mass is 16.2. The summed E-state index contributed by atoms with van der Waals surface area (Å²) in [7, 11) is 0. The van der Waals surface area contributed by atoms with Crippen molar-refractivity contribution >= 4 is 5.91 Å². The van der Waals surface area contributed by atoms with Crippen molar-refractivity contribution in [1.82, 2.24) is 25.3 Å². The van der Waals surface area contributed by atoms with Crippen molar-refractivity contribution in [3.8, 4) is 11.1 Å². The fraction of sp³-hybridized carbons (Fsp3) is 0.300. The summed E-state index contributed by atoms with van der Waals surface area (Å²) in [5.74, 6) is 0.183. The molecule has 3 heterocycles. The van der Waals surface area contributed by atoms with Gasteiger partial charge < -0.3 is 4.90 Å². The van der Waals surface area contributed by atoms with Gasteiger partial charge in [-0.25, -0.2) is 0 Å². The van der Waals surface area contributed by atoms with Crippen LogP contribution >= 0.6 is 0 Å². The molecule has 2 aromatic heterocycles. The number of carbonyl (C=O) groups is 1. The van der Waals surface area contributed by atoms with Gasteiger partial charge in [0.05, 0.1) is 6.20 Å². The third-order valence-electron chi connectivity index (χ3n) is 4.94. The summed E-state index contributed by atoms with van der Waals surface area (Å²) in [5, 5.41) is 15.2. The van der Waals surface area contributed by atoms with Crippen molar-refractivity contribution in [1.29, 1.82) is 0 Å². The number of hydrogen-bond donors (Lipinski definition) is 1. The smallest absolute Gasteiger partial charge is 0.274 e. The molecule has 1 amide bonds. The molecule has 0 aliphatic carbocycles. The highest BCUT2D eigenvalue weighted by Gasteiger charge is 2.28. The molecule has 0 saturated carbocycles. The maximum absolute atomic E-state index is 12.7. The molecule has 26 heavy (non-hydrogen) atoms. The van der Waals surface area contributed by atoms with Gasteiger partial charge in [-0.3, -0.25) is 9.89 Å². The summed E-state index contributed by atoms with van der Waals surface area (Å²) in [5.41, 5.74) is 5.00. The van der Waals surface area contributed by atoms with Crippen molar-refractivity contribution in [3.05, 3.63) is 65.7 Å². The molecule has 0 bridgehead atoms. The highest BCUT2D eigenvalue weighted by molar-refractivity contribution is 5.92. The zero-order chi connectivity index (χ0) is 17.9. The van der Waals surface area contributed by atoms with Gasteiger partial charge in [-0.05, 0) is 37.5 Å². The molecular formula is C20H21N5O. The fourth-order valence-corrected chi connectivity index (χ4v) is 3.55. The monoisotopic (exact) mass is 347 g/mol. The second-order valence-electron chi connectivity index (χ2n) is 6.76. The van der Waals surface area contributed by atoms with E-state index >= 15 is 0 Å². The van der Waals surface area contributed by atoms with E-state index in [4.69, 9.17) is 0 Å². The number of nitrogens with zero attached hydrogens (tertiary/aromatic N) is 4. The molecule has 4 rings (SSSR count). The third kappa shape index (κ3) is 3.22. The minimum Gasteiger partial charge on any atom is -0.337 e. The molecule has 6 nitrogen and oxygen atoms in total. The standard InChI is InChI=1S/C20H21N5O/c1-14-6-8-15(9-7-14)17-12-22-24-19(17)16-4-3-11-25(13-16)20(26)18-5-2-10-21-23-18/h2,5-10,12,16H,3-4,11,13H2,1H3,(H,22,24)/t16-/m0/s1. The number of rotatable bonds is 3. The van der Waals surface area contributed by atoms with Crippen LogP contribution in [0.3, 0.4) is 0 Å². The maximum atomic E-state index is 12.7. The van der Waals surface area contributed by atoms with Gasteiger partial charge in [0, 0.05) is 36.5 Å². The zero-order valence-corrected chi connectivity index (χ0v) is 14.7. The van der Waals surface area contributed by atoms with Gasteiger partial charge in [-0.1, -0.05) is 29.8 Å². The van der Waals surface area contributed by atoms with E-state index in [1.807, 2.05) is 11.1 Å². The van der Waals surface area contributed by atoms with Crippen LogP contribution in [0.5, 0.6) is 0 Å². The van der Waals surface area contributed by atoms with E-state index in [2.05, 4.69) is 51.6 Å². The number of amides is 1. The molecule has 1 aromatic carbocycles. The van der Waals surface area contributed by atoms with Gasteiger partial charge in [0.1, 0.15) is 0 Å². The van der Waals surface area contributed by atoms with Gasteiger partial charge in [-0.15, -0.1) is 5.10 Å². The lowest BCUT2D eigenvalue weighted by Crippen LogP contribution is -2.39. The number of nitrogens with one attached hydrogen (secondary N) is 1. The maximum Gasteiger partial charge on any atom is 0.274 e. The molecule has 132 valence electrons. The Kier molecular flexibility index (Phi) is 4.48. The van der Waals surface area contributed by atoms with Crippen molar-refractivity contribution < 1.29 is 4.79 Å². The predicted octanol–water partition coefficient (Wildman–Crippen LogP) is 3.19. The van der Waals surface area contributed by atoms with Crippen molar-refractivity contribution in [2.45, 2.75) is 25.7 Å². The highest BCUT2D eigenvalue weighted by Crippen LogP contribution is 2.33. The Morgan fingerprint density at radius 1 is 1.23 bits per heavy atom. The average molecular weight is 347 g/mol. The summed E-state index contributed by atoms with van der Waals surface area (Å²) in [6, 6.07) is 11.9. The van der Waals surface area contributed by atoms with Gasteiger partial charge in [0.15, 0.2) is 5.69 Å². The molecule has 0 unspecified atom stereocenters. The predicted molar refractivity (Wildman–Crippen MR) is 98.7 cm³/mol. The van der Waals surface area contributed by atoms with E-state index in [1.165, 1.54) is 5.56 Å². The summed E-state index contributed by atoms with van der Waals surface area (Å²) < 4.78 is 0. The molecule has 3 aromatic rings. The quantitative estimate of drug-likeness (QED) is 0.789. The Bertz CT molecular complexity index is 888. The number of aromatic amines is 1. The van der Waals surface area contributed by atoms with Gasteiger partial charge in [0.2, 0.25) is 0 Å². The van der Waals surface area contributed by atoms with E-state index in [9.17, 15) is 4.79 Å². The van der Waals surface area contributed by atoms with E-state index < -0.39 is 0 Å². The fourth-order valence-electron chi connectivity index (χ4n) is 3.55. The van der Waals surface area contributed by atoms with Crippen LogP contribution < -0.4 is 0 Å². The van der Waals surface area contributed by atoms with Crippen LogP contribution in [-0.4, -0.2) is 44.3 Å². The molecule has 1 fully saturated rings. The summed E-state index contributed by atoms with van der Waals surface area (Å²) in [4.78, 5) is 14.6. The second-order valence-corrected chi connectivity index (χ2v) is 6.76. The van der Waals surface area contributed by atoms with Gasteiger partial charge in [-0.2, -0.15) is 10.2 Å². The summed E-state index contributed by atoms with van der Waals surface area (Å²) in [6.45, 7) is 3.49. The largest absolute Gasteiger partial charge is 0.337 e. The first-order chi connectivity index (χ1) is 12.7. The van der Waals surface area contributed by atoms with E-state index in [-0.39, 0.29) is 11.8 Å². The Morgan fingerprint density at radius 3 is 2.85 bits per heavy atom. The minimum absolute atomic E-state index is 0.0563. The number of carbonyl (C=O) groups excluding carboxylic acids is 1.